The average molecular weight is 429 g/mol. The molecule has 0 saturated carbocycles. The molecule has 11 heteroatoms. The molecule has 1 atom stereocenters. The molecule has 0 aliphatic carbocycles. The number of rotatable bonds is 5. The van der Waals surface area contributed by atoms with Crippen LogP contribution in [0.15, 0.2) is 43.1 Å². The highest BCUT2D eigenvalue weighted by atomic mass is 19.4. The van der Waals surface area contributed by atoms with Gasteiger partial charge in [0.1, 0.15) is 23.4 Å². The molecule has 0 unspecified atom stereocenters. The maximum Gasteiger partial charge on any atom is 0.451 e. The Morgan fingerprint density at radius 1 is 1.10 bits per heavy atom. The standard InChI is InChI=1S/C20H18F3N7O/c1-11(13-8-24-19(25-9-13)20(21,22)23)28-18-14-6-12(15-4-5-30(2)29-15)7-16(31-3)17(14)26-10-27-18/h4-11H,1-3H3,(H,26,27,28)/t11-/m1/s1. The van der Waals surface area contributed by atoms with E-state index in [1.165, 1.54) is 6.33 Å². The lowest BCUT2D eigenvalue weighted by atomic mass is 10.1. The molecular weight excluding hydrogens is 411 g/mol. The van der Waals surface area contributed by atoms with Crippen molar-refractivity contribution >= 4 is 16.7 Å². The van der Waals surface area contributed by atoms with Gasteiger partial charge in [-0.25, -0.2) is 19.9 Å². The van der Waals surface area contributed by atoms with Crippen LogP contribution in [0.2, 0.25) is 0 Å². The quantitative estimate of drug-likeness (QED) is 0.512. The third-order valence-corrected chi connectivity index (χ3v) is 4.71. The maximum atomic E-state index is 12.7. The fourth-order valence-electron chi connectivity index (χ4n) is 3.12. The molecule has 0 spiro atoms. The molecule has 0 aliphatic heterocycles. The number of aryl methyl sites for hydroxylation is 1. The number of ether oxygens (including phenoxy) is 1. The van der Waals surface area contributed by atoms with Crippen molar-refractivity contribution in [3.63, 3.8) is 0 Å². The number of alkyl halides is 3. The van der Waals surface area contributed by atoms with Gasteiger partial charge in [0.25, 0.3) is 0 Å². The van der Waals surface area contributed by atoms with Crippen LogP contribution >= 0.6 is 0 Å². The van der Waals surface area contributed by atoms with Crippen LogP contribution in [0.1, 0.15) is 24.4 Å². The Bertz CT molecular complexity index is 1220. The lowest BCUT2D eigenvalue weighted by Crippen LogP contribution is -2.14. The summed E-state index contributed by atoms with van der Waals surface area (Å²) in [5.74, 6) is -0.136. The first-order valence-corrected chi connectivity index (χ1v) is 9.24. The summed E-state index contributed by atoms with van der Waals surface area (Å²) in [6, 6.07) is 5.19. The number of methoxy groups -OCH3 is 1. The highest BCUT2D eigenvalue weighted by Crippen LogP contribution is 2.34. The van der Waals surface area contributed by atoms with Crippen molar-refractivity contribution in [3.8, 4) is 17.0 Å². The molecule has 160 valence electrons. The van der Waals surface area contributed by atoms with Crippen LogP contribution in [0.5, 0.6) is 5.75 Å². The van der Waals surface area contributed by atoms with Crippen LogP contribution in [-0.2, 0) is 13.2 Å². The lowest BCUT2D eigenvalue weighted by Gasteiger charge is -2.17. The second-order valence-electron chi connectivity index (χ2n) is 6.88. The van der Waals surface area contributed by atoms with Crippen molar-refractivity contribution in [2.75, 3.05) is 12.4 Å². The number of hydrogen-bond donors (Lipinski definition) is 1. The number of anilines is 1. The minimum absolute atomic E-state index is 0.412. The first-order chi connectivity index (χ1) is 14.8. The van der Waals surface area contributed by atoms with Crippen molar-refractivity contribution in [3.05, 3.63) is 54.5 Å². The largest absolute Gasteiger partial charge is 0.494 e. The van der Waals surface area contributed by atoms with E-state index < -0.39 is 18.0 Å². The van der Waals surface area contributed by atoms with Gasteiger partial charge in [0.15, 0.2) is 0 Å². The molecule has 1 aromatic carbocycles. The number of nitrogens with one attached hydrogen (secondary N) is 1. The van der Waals surface area contributed by atoms with Gasteiger partial charge >= 0.3 is 6.18 Å². The van der Waals surface area contributed by atoms with Crippen LogP contribution in [-0.4, -0.2) is 36.8 Å². The summed E-state index contributed by atoms with van der Waals surface area (Å²) in [5, 5.41) is 8.30. The van der Waals surface area contributed by atoms with Gasteiger partial charge in [0.05, 0.1) is 18.8 Å². The van der Waals surface area contributed by atoms with Gasteiger partial charge in [-0.05, 0) is 25.1 Å². The number of halogens is 3. The van der Waals surface area contributed by atoms with E-state index >= 15 is 0 Å². The van der Waals surface area contributed by atoms with Gasteiger partial charge in [-0.15, -0.1) is 0 Å². The summed E-state index contributed by atoms with van der Waals surface area (Å²) in [7, 11) is 3.38. The second-order valence-corrected chi connectivity index (χ2v) is 6.88. The zero-order valence-electron chi connectivity index (χ0n) is 16.8. The molecule has 3 aromatic heterocycles. The molecule has 1 N–H and O–H groups in total. The highest BCUT2D eigenvalue weighted by Gasteiger charge is 2.34. The van der Waals surface area contributed by atoms with Crippen molar-refractivity contribution in [2.45, 2.75) is 19.1 Å². The van der Waals surface area contributed by atoms with E-state index in [1.807, 2.05) is 31.4 Å². The summed E-state index contributed by atoms with van der Waals surface area (Å²) in [6.45, 7) is 1.78. The Labute approximate surface area is 175 Å². The van der Waals surface area contributed by atoms with Gasteiger partial charge in [0.2, 0.25) is 5.82 Å². The van der Waals surface area contributed by atoms with Gasteiger partial charge in [-0.2, -0.15) is 18.3 Å². The number of nitrogens with zero attached hydrogens (tertiary/aromatic N) is 6. The minimum atomic E-state index is -4.59. The topological polar surface area (TPSA) is 90.6 Å². The van der Waals surface area contributed by atoms with Crippen molar-refractivity contribution in [2.24, 2.45) is 7.05 Å². The first kappa shape index (κ1) is 20.5. The average Bonchev–Trinajstić information content (AvgIpc) is 3.19. The van der Waals surface area contributed by atoms with E-state index in [1.54, 1.807) is 18.7 Å². The molecule has 0 saturated heterocycles. The summed E-state index contributed by atoms with van der Waals surface area (Å²) < 4.78 is 45.4. The van der Waals surface area contributed by atoms with E-state index in [4.69, 9.17) is 4.74 Å². The van der Waals surface area contributed by atoms with Crippen LogP contribution < -0.4 is 10.1 Å². The number of benzene rings is 1. The normalized spacial score (nSPS) is 12.7. The van der Waals surface area contributed by atoms with Gasteiger partial charge in [-0.3, -0.25) is 4.68 Å². The summed E-state index contributed by atoms with van der Waals surface area (Å²) in [6.07, 6.45) is 0.937. The van der Waals surface area contributed by atoms with Crippen LogP contribution in [0, 0.1) is 0 Å². The Balaban J connectivity index is 1.71. The molecule has 0 radical (unpaired) electrons. The number of hydrogen-bond acceptors (Lipinski definition) is 7. The Morgan fingerprint density at radius 3 is 2.45 bits per heavy atom. The summed E-state index contributed by atoms with van der Waals surface area (Å²) in [5.41, 5.74) is 2.64. The maximum absolute atomic E-state index is 12.7. The summed E-state index contributed by atoms with van der Waals surface area (Å²) in [4.78, 5) is 15.5. The van der Waals surface area contributed by atoms with Crippen molar-refractivity contribution in [1.29, 1.82) is 0 Å². The second kappa shape index (κ2) is 7.82. The molecule has 0 amide bonds. The molecule has 4 rings (SSSR count). The Morgan fingerprint density at radius 2 is 1.84 bits per heavy atom. The van der Waals surface area contributed by atoms with E-state index in [2.05, 4.69) is 30.4 Å². The molecule has 8 nitrogen and oxygen atoms in total. The predicted molar refractivity (Wildman–Crippen MR) is 107 cm³/mol. The fraction of sp³-hybridized carbons (Fsp3) is 0.250. The smallest absolute Gasteiger partial charge is 0.451 e. The third-order valence-electron chi connectivity index (χ3n) is 4.71. The van der Waals surface area contributed by atoms with Crippen molar-refractivity contribution < 1.29 is 17.9 Å². The number of aromatic nitrogens is 6. The SMILES string of the molecule is COc1cc(-c2ccn(C)n2)cc2c(N[C@H](C)c3cnc(C(F)(F)F)nc3)ncnc12. The third kappa shape index (κ3) is 4.11. The van der Waals surface area contributed by atoms with Crippen LogP contribution in [0.25, 0.3) is 22.2 Å². The fourth-order valence-corrected chi connectivity index (χ4v) is 3.12. The van der Waals surface area contributed by atoms with E-state index in [-0.39, 0.29) is 0 Å². The lowest BCUT2D eigenvalue weighted by molar-refractivity contribution is -0.145. The molecular formula is C20H18F3N7O. The van der Waals surface area contributed by atoms with E-state index in [0.29, 0.717) is 28.0 Å². The monoisotopic (exact) mass is 429 g/mol. The Hall–Kier alpha value is -3.76. The highest BCUT2D eigenvalue weighted by molar-refractivity contribution is 5.96. The van der Waals surface area contributed by atoms with Gasteiger partial charge in [-0.1, -0.05) is 0 Å². The first-order valence-electron chi connectivity index (χ1n) is 9.24. The zero-order valence-corrected chi connectivity index (χ0v) is 16.8. The number of fused-ring (bicyclic) bond motifs is 1. The molecule has 0 aliphatic rings. The molecule has 0 bridgehead atoms. The summed E-state index contributed by atoms with van der Waals surface area (Å²) >= 11 is 0. The minimum Gasteiger partial charge on any atom is -0.494 e. The molecule has 0 fully saturated rings. The van der Waals surface area contributed by atoms with Gasteiger partial charge in [0, 0.05) is 42.2 Å². The molecule has 3 heterocycles. The molecule has 4 aromatic rings. The Kier molecular flexibility index (Phi) is 5.17. The molecule has 31 heavy (non-hydrogen) atoms. The van der Waals surface area contributed by atoms with Gasteiger partial charge < -0.3 is 10.1 Å². The van der Waals surface area contributed by atoms with Crippen LogP contribution in [0.3, 0.4) is 0 Å². The van der Waals surface area contributed by atoms with Crippen LogP contribution in [0.4, 0.5) is 19.0 Å². The zero-order chi connectivity index (χ0) is 22.2. The van der Waals surface area contributed by atoms with E-state index in [0.717, 1.165) is 23.7 Å². The predicted octanol–water partition coefficient (Wildman–Crippen LogP) is 4.02. The van der Waals surface area contributed by atoms with Crippen molar-refractivity contribution in [1.82, 2.24) is 29.7 Å². The van der Waals surface area contributed by atoms with E-state index in [9.17, 15) is 13.2 Å².